The SMILES string of the molecule is CCOc1ccc(NC(=O)CNc2ccc(C#N)cc2)cc1S(=O)(=O)N1CCCCC1. The Labute approximate surface area is 182 Å². The van der Waals surface area contributed by atoms with Crippen molar-refractivity contribution in [3.8, 4) is 11.8 Å². The number of nitriles is 1. The number of benzene rings is 2. The van der Waals surface area contributed by atoms with Crippen LogP contribution in [-0.2, 0) is 14.8 Å². The molecule has 0 saturated carbocycles. The molecule has 0 radical (unpaired) electrons. The van der Waals surface area contributed by atoms with Crippen molar-refractivity contribution in [3.05, 3.63) is 48.0 Å². The molecule has 164 valence electrons. The van der Waals surface area contributed by atoms with Crippen LogP contribution < -0.4 is 15.4 Å². The van der Waals surface area contributed by atoms with Crippen LogP contribution in [-0.4, -0.2) is 44.9 Å². The highest BCUT2D eigenvalue weighted by atomic mass is 32.2. The normalized spacial score (nSPS) is 14.5. The van der Waals surface area contributed by atoms with Crippen molar-refractivity contribution in [2.45, 2.75) is 31.1 Å². The Morgan fingerprint density at radius 2 is 1.77 bits per heavy atom. The van der Waals surface area contributed by atoms with Crippen LogP contribution in [0.5, 0.6) is 5.75 Å². The van der Waals surface area contributed by atoms with Gasteiger partial charge in [-0.2, -0.15) is 9.57 Å². The van der Waals surface area contributed by atoms with E-state index in [0.717, 1.165) is 19.3 Å². The highest BCUT2D eigenvalue weighted by Gasteiger charge is 2.29. The molecule has 2 aromatic rings. The lowest BCUT2D eigenvalue weighted by Gasteiger charge is -2.27. The molecule has 1 aliphatic heterocycles. The molecule has 0 aromatic heterocycles. The van der Waals surface area contributed by atoms with Crippen LogP contribution >= 0.6 is 0 Å². The molecule has 0 aliphatic carbocycles. The maximum Gasteiger partial charge on any atom is 0.246 e. The fourth-order valence-corrected chi connectivity index (χ4v) is 5.03. The summed E-state index contributed by atoms with van der Waals surface area (Å²) in [5, 5.41) is 14.5. The minimum Gasteiger partial charge on any atom is -0.492 e. The zero-order valence-electron chi connectivity index (χ0n) is 17.4. The number of carbonyl (C=O) groups is 1. The second kappa shape index (κ2) is 10.3. The summed E-state index contributed by atoms with van der Waals surface area (Å²) in [5.74, 6) is -0.0448. The van der Waals surface area contributed by atoms with E-state index in [1.165, 1.54) is 10.4 Å². The topological polar surface area (TPSA) is 112 Å². The molecule has 2 aromatic carbocycles. The zero-order valence-corrected chi connectivity index (χ0v) is 18.2. The predicted molar refractivity (Wildman–Crippen MR) is 118 cm³/mol. The minimum atomic E-state index is -3.72. The maximum atomic E-state index is 13.2. The lowest BCUT2D eigenvalue weighted by Crippen LogP contribution is -2.35. The summed E-state index contributed by atoms with van der Waals surface area (Å²) in [7, 11) is -3.72. The molecule has 31 heavy (non-hydrogen) atoms. The molecule has 1 saturated heterocycles. The number of ether oxygens (including phenoxy) is 1. The first-order chi connectivity index (χ1) is 14.9. The van der Waals surface area contributed by atoms with E-state index in [2.05, 4.69) is 10.6 Å². The van der Waals surface area contributed by atoms with Gasteiger partial charge in [0.15, 0.2) is 0 Å². The number of nitrogens with zero attached hydrogens (tertiary/aromatic N) is 2. The van der Waals surface area contributed by atoms with E-state index in [-0.39, 0.29) is 23.1 Å². The molecule has 1 heterocycles. The van der Waals surface area contributed by atoms with E-state index in [9.17, 15) is 13.2 Å². The summed E-state index contributed by atoms with van der Waals surface area (Å²) in [6, 6.07) is 13.4. The number of hydrogen-bond donors (Lipinski definition) is 2. The highest BCUT2D eigenvalue weighted by Crippen LogP contribution is 2.31. The monoisotopic (exact) mass is 442 g/mol. The Bertz CT molecular complexity index is 1060. The van der Waals surface area contributed by atoms with Gasteiger partial charge in [0.2, 0.25) is 15.9 Å². The Morgan fingerprint density at radius 3 is 2.42 bits per heavy atom. The van der Waals surface area contributed by atoms with Gasteiger partial charge in [0, 0.05) is 24.5 Å². The molecule has 0 spiro atoms. The van der Waals surface area contributed by atoms with Crippen LogP contribution in [0.4, 0.5) is 11.4 Å². The first-order valence-corrected chi connectivity index (χ1v) is 11.7. The Morgan fingerprint density at radius 1 is 1.10 bits per heavy atom. The largest absolute Gasteiger partial charge is 0.492 e. The van der Waals surface area contributed by atoms with Crippen LogP contribution in [0.3, 0.4) is 0 Å². The van der Waals surface area contributed by atoms with Crippen molar-refractivity contribution in [3.63, 3.8) is 0 Å². The van der Waals surface area contributed by atoms with Gasteiger partial charge in [0.25, 0.3) is 0 Å². The third-order valence-corrected chi connectivity index (χ3v) is 6.85. The van der Waals surface area contributed by atoms with Gasteiger partial charge < -0.3 is 15.4 Å². The number of piperidine rings is 1. The fourth-order valence-electron chi connectivity index (χ4n) is 3.36. The van der Waals surface area contributed by atoms with Gasteiger partial charge in [-0.3, -0.25) is 4.79 Å². The van der Waals surface area contributed by atoms with Gasteiger partial charge in [-0.1, -0.05) is 6.42 Å². The van der Waals surface area contributed by atoms with Gasteiger partial charge in [-0.05, 0) is 62.2 Å². The van der Waals surface area contributed by atoms with E-state index in [1.54, 1.807) is 43.3 Å². The van der Waals surface area contributed by atoms with Crippen molar-refractivity contribution in [2.24, 2.45) is 0 Å². The van der Waals surface area contributed by atoms with Gasteiger partial charge in [0.05, 0.1) is 24.8 Å². The number of nitrogens with one attached hydrogen (secondary N) is 2. The number of sulfonamides is 1. The second-order valence-corrected chi connectivity index (χ2v) is 9.06. The summed E-state index contributed by atoms with van der Waals surface area (Å²) in [4.78, 5) is 12.4. The molecule has 1 amide bonds. The van der Waals surface area contributed by atoms with Crippen LogP contribution in [0.1, 0.15) is 31.7 Å². The maximum absolute atomic E-state index is 13.2. The van der Waals surface area contributed by atoms with Gasteiger partial charge in [-0.15, -0.1) is 0 Å². The molecule has 1 fully saturated rings. The summed E-state index contributed by atoms with van der Waals surface area (Å²) in [6.45, 7) is 3.09. The lowest BCUT2D eigenvalue weighted by atomic mass is 10.2. The van der Waals surface area contributed by atoms with E-state index >= 15 is 0 Å². The fraction of sp³-hybridized carbons (Fsp3) is 0.364. The zero-order chi connectivity index (χ0) is 22.3. The van der Waals surface area contributed by atoms with Crippen LogP contribution in [0.2, 0.25) is 0 Å². The summed E-state index contributed by atoms with van der Waals surface area (Å²) in [5.41, 5.74) is 1.62. The molecule has 3 rings (SSSR count). The lowest BCUT2D eigenvalue weighted by molar-refractivity contribution is -0.114. The number of rotatable bonds is 8. The Kier molecular flexibility index (Phi) is 7.50. The quantitative estimate of drug-likeness (QED) is 0.649. The molecule has 9 heteroatoms. The van der Waals surface area contributed by atoms with Crippen LogP contribution in [0.15, 0.2) is 47.4 Å². The minimum absolute atomic E-state index is 0.00663. The molecule has 0 unspecified atom stereocenters. The number of anilines is 2. The first-order valence-electron chi connectivity index (χ1n) is 10.2. The highest BCUT2D eigenvalue weighted by molar-refractivity contribution is 7.89. The van der Waals surface area contributed by atoms with Gasteiger partial charge in [-0.25, -0.2) is 8.42 Å². The van der Waals surface area contributed by atoms with Gasteiger partial charge >= 0.3 is 0 Å². The standard InChI is InChI=1S/C22H26N4O4S/c1-2-30-20-11-10-19(14-21(20)31(28,29)26-12-4-3-5-13-26)25-22(27)16-24-18-8-6-17(15-23)7-9-18/h6-11,14,24H,2-5,12-13,16H2,1H3,(H,25,27). The van der Waals surface area contributed by atoms with Crippen molar-refractivity contribution in [1.82, 2.24) is 4.31 Å². The molecule has 2 N–H and O–H groups in total. The summed E-state index contributed by atoms with van der Waals surface area (Å²) < 4.78 is 33.4. The van der Waals surface area contributed by atoms with Gasteiger partial charge in [0.1, 0.15) is 10.6 Å². The molecular formula is C22H26N4O4S. The third-order valence-electron chi connectivity index (χ3n) is 4.93. The molecular weight excluding hydrogens is 416 g/mol. The molecule has 0 atom stereocenters. The van der Waals surface area contributed by atoms with Crippen molar-refractivity contribution < 1.29 is 17.9 Å². The molecule has 1 aliphatic rings. The summed E-state index contributed by atoms with van der Waals surface area (Å²) in [6.07, 6.45) is 2.69. The van der Waals surface area contributed by atoms with E-state index in [4.69, 9.17) is 10.00 Å². The molecule has 0 bridgehead atoms. The third kappa shape index (κ3) is 5.75. The van der Waals surface area contributed by atoms with E-state index < -0.39 is 10.0 Å². The second-order valence-electron chi connectivity index (χ2n) is 7.15. The summed E-state index contributed by atoms with van der Waals surface area (Å²) >= 11 is 0. The first kappa shape index (κ1) is 22.6. The average molecular weight is 443 g/mol. The van der Waals surface area contributed by atoms with Crippen molar-refractivity contribution in [2.75, 3.05) is 36.9 Å². The van der Waals surface area contributed by atoms with E-state index in [0.29, 0.717) is 36.6 Å². The Balaban J connectivity index is 1.73. The molecule has 8 nitrogen and oxygen atoms in total. The van der Waals surface area contributed by atoms with Crippen molar-refractivity contribution in [1.29, 1.82) is 5.26 Å². The smallest absolute Gasteiger partial charge is 0.246 e. The number of carbonyl (C=O) groups excluding carboxylic acids is 1. The number of hydrogen-bond acceptors (Lipinski definition) is 6. The van der Waals surface area contributed by atoms with Crippen LogP contribution in [0, 0.1) is 11.3 Å². The van der Waals surface area contributed by atoms with Crippen molar-refractivity contribution >= 4 is 27.3 Å². The van der Waals surface area contributed by atoms with Crippen LogP contribution in [0.25, 0.3) is 0 Å². The van der Waals surface area contributed by atoms with E-state index in [1.807, 2.05) is 6.07 Å². The predicted octanol–water partition coefficient (Wildman–Crippen LogP) is 3.18. The average Bonchev–Trinajstić information content (AvgIpc) is 2.79. The number of amides is 1. The Hall–Kier alpha value is -3.09.